The summed E-state index contributed by atoms with van der Waals surface area (Å²) in [5, 5.41) is 9.78. The molecule has 1 fully saturated rings. The molecule has 188 valence electrons. The molecular formula is C26H33BrN4O4. The van der Waals surface area contributed by atoms with Crippen molar-refractivity contribution in [3.63, 3.8) is 0 Å². The average Bonchev–Trinajstić information content (AvgIpc) is 3.39. The molecule has 0 bridgehead atoms. The summed E-state index contributed by atoms with van der Waals surface area (Å²) < 4.78 is 14.3. The molecule has 8 nitrogen and oxygen atoms in total. The van der Waals surface area contributed by atoms with Crippen molar-refractivity contribution in [3.8, 4) is 22.8 Å². The van der Waals surface area contributed by atoms with Crippen molar-refractivity contribution in [2.45, 2.75) is 58.7 Å². The fraction of sp³-hybridized carbons (Fsp3) is 0.462. The number of benzene rings is 1. The zero-order valence-electron chi connectivity index (χ0n) is 21.1. The van der Waals surface area contributed by atoms with Crippen LogP contribution in [0.15, 0.2) is 41.1 Å². The number of amides is 1. The van der Waals surface area contributed by atoms with Gasteiger partial charge in [0.05, 0.1) is 29.4 Å². The topological polar surface area (TPSA) is 79.5 Å². The minimum Gasteiger partial charge on any atom is -0.495 e. The van der Waals surface area contributed by atoms with Crippen molar-refractivity contribution >= 4 is 33.4 Å². The number of pyridine rings is 1. The van der Waals surface area contributed by atoms with Gasteiger partial charge in [0.25, 0.3) is 0 Å². The highest BCUT2D eigenvalue weighted by atomic mass is 79.9. The summed E-state index contributed by atoms with van der Waals surface area (Å²) in [6.45, 7) is 11.3. The monoisotopic (exact) mass is 544 g/mol. The first-order valence-corrected chi connectivity index (χ1v) is 12.6. The van der Waals surface area contributed by atoms with Crippen LogP contribution in [0, 0.1) is 0 Å². The van der Waals surface area contributed by atoms with Crippen LogP contribution in [0.25, 0.3) is 16.9 Å². The lowest BCUT2D eigenvalue weighted by molar-refractivity contribution is 0.0763. The van der Waals surface area contributed by atoms with Gasteiger partial charge in [-0.2, -0.15) is 0 Å². The number of halogens is 1. The highest BCUT2D eigenvalue weighted by Crippen LogP contribution is 2.39. The lowest BCUT2D eigenvalue weighted by Crippen LogP contribution is -2.52. The van der Waals surface area contributed by atoms with Crippen molar-refractivity contribution in [1.82, 2.24) is 14.3 Å². The molecule has 1 N–H and O–H groups in total. The SMILES string of the molecule is COc1cc(OC(C)C)c(-c2cn3ccc(N4CCC(N(C(=O)O)C(C)(C)C)C4)cc3n2)cc1Br. The zero-order valence-corrected chi connectivity index (χ0v) is 22.7. The molecule has 1 atom stereocenters. The average molecular weight is 545 g/mol. The summed E-state index contributed by atoms with van der Waals surface area (Å²) in [5.41, 5.74) is 3.07. The fourth-order valence-corrected chi connectivity index (χ4v) is 5.22. The number of fused-ring (bicyclic) bond motifs is 1. The Bertz CT molecular complexity index is 1230. The second kappa shape index (κ2) is 9.60. The zero-order chi connectivity index (χ0) is 25.5. The van der Waals surface area contributed by atoms with Gasteiger partial charge in [0.15, 0.2) is 0 Å². The highest BCUT2D eigenvalue weighted by Gasteiger charge is 2.37. The predicted octanol–water partition coefficient (Wildman–Crippen LogP) is 5.92. The molecule has 1 aliphatic heterocycles. The third-order valence-corrected chi connectivity index (χ3v) is 6.78. The molecule has 0 radical (unpaired) electrons. The Kier molecular flexibility index (Phi) is 6.90. The van der Waals surface area contributed by atoms with Gasteiger partial charge in [-0.1, -0.05) is 0 Å². The predicted molar refractivity (Wildman–Crippen MR) is 141 cm³/mol. The van der Waals surface area contributed by atoms with Crippen LogP contribution in [0.5, 0.6) is 11.5 Å². The molecule has 35 heavy (non-hydrogen) atoms. The number of carbonyl (C=O) groups is 1. The number of hydrogen-bond donors (Lipinski definition) is 1. The van der Waals surface area contributed by atoms with E-state index in [-0.39, 0.29) is 12.1 Å². The molecule has 0 spiro atoms. The van der Waals surface area contributed by atoms with E-state index >= 15 is 0 Å². The molecule has 1 aliphatic rings. The van der Waals surface area contributed by atoms with Gasteiger partial charge in [-0.3, -0.25) is 4.90 Å². The molecule has 1 saturated heterocycles. The highest BCUT2D eigenvalue weighted by molar-refractivity contribution is 9.10. The molecular weight excluding hydrogens is 512 g/mol. The minimum absolute atomic E-state index is 0.00449. The van der Waals surface area contributed by atoms with Crippen molar-refractivity contribution in [1.29, 1.82) is 0 Å². The number of anilines is 1. The number of aromatic nitrogens is 2. The maximum Gasteiger partial charge on any atom is 0.408 e. The van der Waals surface area contributed by atoms with E-state index in [1.165, 1.54) is 0 Å². The third kappa shape index (κ3) is 5.19. The van der Waals surface area contributed by atoms with E-state index < -0.39 is 11.6 Å². The molecule has 2 aromatic heterocycles. The van der Waals surface area contributed by atoms with E-state index in [4.69, 9.17) is 14.5 Å². The maximum atomic E-state index is 11.9. The molecule has 0 saturated carbocycles. The maximum absolute atomic E-state index is 11.9. The van der Waals surface area contributed by atoms with Crippen LogP contribution < -0.4 is 14.4 Å². The van der Waals surface area contributed by atoms with E-state index in [0.29, 0.717) is 18.0 Å². The largest absolute Gasteiger partial charge is 0.495 e. The lowest BCUT2D eigenvalue weighted by atomic mass is 10.0. The number of hydrogen-bond acceptors (Lipinski definition) is 5. The quantitative estimate of drug-likeness (QED) is 0.415. The number of rotatable bonds is 6. The summed E-state index contributed by atoms with van der Waals surface area (Å²) in [4.78, 5) is 20.6. The van der Waals surface area contributed by atoms with Gasteiger partial charge < -0.3 is 23.9 Å². The molecule has 9 heteroatoms. The molecule has 4 rings (SSSR count). The summed E-state index contributed by atoms with van der Waals surface area (Å²) in [6.07, 6.45) is 3.91. The van der Waals surface area contributed by atoms with E-state index in [0.717, 1.165) is 40.0 Å². The van der Waals surface area contributed by atoms with Gasteiger partial charge in [0.2, 0.25) is 0 Å². The fourth-order valence-electron chi connectivity index (χ4n) is 4.72. The van der Waals surface area contributed by atoms with Crippen molar-refractivity contribution in [3.05, 3.63) is 41.1 Å². The van der Waals surface area contributed by atoms with Crippen molar-refractivity contribution in [2.75, 3.05) is 25.1 Å². The summed E-state index contributed by atoms with van der Waals surface area (Å²) in [6, 6.07) is 7.90. The second-order valence-electron chi connectivity index (χ2n) is 10.1. The number of imidazole rings is 1. The normalized spacial score (nSPS) is 16.2. The molecule has 1 aromatic carbocycles. The molecule has 1 amide bonds. The van der Waals surface area contributed by atoms with E-state index in [1.807, 2.05) is 63.5 Å². The number of nitrogens with zero attached hydrogens (tertiary/aromatic N) is 4. The first-order valence-electron chi connectivity index (χ1n) is 11.8. The molecule has 3 heterocycles. The van der Waals surface area contributed by atoms with Gasteiger partial charge in [0, 0.05) is 54.4 Å². The Hall–Kier alpha value is -2.94. The van der Waals surface area contributed by atoms with E-state index in [1.54, 1.807) is 12.0 Å². The smallest absolute Gasteiger partial charge is 0.408 e. The van der Waals surface area contributed by atoms with Gasteiger partial charge in [-0.25, -0.2) is 9.78 Å². The van der Waals surface area contributed by atoms with Gasteiger partial charge in [-0.15, -0.1) is 0 Å². The Balaban J connectivity index is 1.64. The van der Waals surface area contributed by atoms with Crippen LogP contribution in [0.2, 0.25) is 0 Å². The summed E-state index contributed by atoms with van der Waals surface area (Å²) in [7, 11) is 1.63. The van der Waals surface area contributed by atoms with Crippen LogP contribution in [0.3, 0.4) is 0 Å². The van der Waals surface area contributed by atoms with Crippen LogP contribution >= 0.6 is 15.9 Å². The first-order chi connectivity index (χ1) is 16.5. The lowest BCUT2D eigenvalue weighted by Gasteiger charge is -2.38. The number of ether oxygens (including phenoxy) is 2. The van der Waals surface area contributed by atoms with Gasteiger partial charge in [0.1, 0.15) is 17.1 Å². The van der Waals surface area contributed by atoms with Crippen LogP contribution in [0.4, 0.5) is 10.5 Å². The summed E-state index contributed by atoms with van der Waals surface area (Å²) in [5.74, 6) is 1.41. The Morgan fingerprint density at radius 3 is 2.63 bits per heavy atom. The van der Waals surface area contributed by atoms with Crippen molar-refractivity contribution in [2.24, 2.45) is 0 Å². The number of carboxylic acid groups (broad SMARTS) is 1. The Morgan fingerprint density at radius 2 is 2.00 bits per heavy atom. The van der Waals surface area contributed by atoms with Crippen molar-refractivity contribution < 1.29 is 19.4 Å². The Morgan fingerprint density at radius 1 is 1.26 bits per heavy atom. The van der Waals surface area contributed by atoms with Gasteiger partial charge in [-0.05, 0) is 69.1 Å². The van der Waals surface area contributed by atoms with E-state index in [9.17, 15) is 9.90 Å². The van der Waals surface area contributed by atoms with Crippen LogP contribution in [0.1, 0.15) is 41.0 Å². The Labute approximate surface area is 214 Å². The standard InChI is InChI=1S/C26H33BrN4O4/c1-16(2)35-22-13-23(34-6)20(27)12-19(22)21-15-30-10-7-17(11-24(30)28-21)29-9-8-18(14-29)31(25(32)33)26(3,4)5/h7,10-13,15-16,18H,8-9,14H2,1-6H3,(H,32,33). The van der Waals surface area contributed by atoms with E-state index in [2.05, 4.69) is 33.0 Å². The molecule has 1 unspecified atom stereocenters. The number of methoxy groups -OCH3 is 1. The van der Waals surface area contributed by atoms with Crippen LogP contribution in [-0.4, -0.2) is 63.4 Å². The van der Waals surface area contributed by atoms with Crippen LogP contribution in [-0.2, 0) is 0 Å². The second-order valence-corrected chi connectivity index (χ2v) is 11.0. The molecule has 3 aromatic rings. The first kappa shape index (κ1) is 25.2. The minimum atomic E-state index is -0.872. The molecule has 0 aliphatic carbocycles. The van der Waals surface area contributed by atoms with Gasteiger partial charge >= 0.3 is 6.09 Å². The summed E-state index contributed by atoms with van der Waals surface area (Å²) >= 11 is 3.58. The third-order valence-electron chi connectivity index (χ3n) is 6.16.